The van der Waals surface area contributed by atoms with Crippen molar-refractivity contribution in [3.63, 3.8) is 0 Å². The van der Waals surface area contributed by atoms with Crippen LogP contribution in [0.2, 0.25) is 5.02 Å². The zero-order chi connectivity index (χ0) is 14.4. The summed E-state index contributed by atoms with van der Waals surface area (Å²) in [5.41, 5.74) is 0.976. The van der Waals surface area contributed by atoms with Gasteiger partial charge < -0.3 is 9.73 Å². The first-order chi connectivity index (χ1) is 9.39. The van der Waals surface area contributed by atoms with E-state index in [0.29, 0.717) is 11.9 Å². The summed E-state index contributed by atoms with van der Waals surface area (Å²) in [4.78, 5) is 0. The molecule has 0 unspecified atom stereocenters. The molecule has 0 bridgehead atoms. The minimum absolute atomic E-state index is 0.0964. The van der Waals surface area contributed by atoms with E-state index in [2.05, 4.69) is 36.3 Å². The first kappa shape index (κ1) is 13.4. The Kier molecular flexibility index (Phi) is 3.01. The third-order valence-electron chi connectivity index (χ3n) is 3.46. The van der Waals surface area contributed by atoms with Gasteiger partial charge in [-0.1, -0.05) is 28.8 Å². The zero-order valence-corrected chi connectivity index (χ0v) is 12.7. The molecule has 106 valence electrons. The number of rotatable bonds is 3. The number of hydrogen-bond acceptors (Lipinski definition) is 4. The van der Waals surface area contributed by atoms with E-state index >= 15 is 0 Å². The van der Waals surface area contributed by atoms with Crippen molar-refractivity contribution in [3.8, 4) is 0 Å². The van der Waals surface area contributed by atoms with Crippen LogP contribution in [0.1, 0.15) is 45.1 Å². The van der Waals surface area contributed by atoms with Crippen LogP contribution >= 0.6 is 11.6 Å². The average molecular weight is 292 g/mol. The van der Waals surface area contributed by atoms with Gasteiger partial charge in [-0.25, -0.2) is 0 Å². The van der Waals surface area contributed by atoms with Crippen LogP contribution in [0.3, 0.4) is 0 Å². The summed E-state index contributed by atoms with van der Waals surface area (Å²) < 4.78 is 5.81. The Morgan fingerprint density at radius 2 is 1.80 bits per heavy atom. The highest BCUT2D eigenvalue weighted by atomic mass is 35.5. The predicted octanol–water partition coefficient (Wildman–Crippen LogP) is 4.01. The number of nitrogens with zero attached hydrogens (tertiary/aromatic N) is 2. The van der Waals surface area contributed by atoms with Gasteiger partial charge in [0.1, 0.15) is 0 Å². The second-order valence-electron chi connectivity index (χ2n) is 6.38. The van der Waals surface area contributed by atoms with Crippen LogP contribution < -0.4 is 5.32 Å². The molecule has 1 aromatic heterocycles. The van der Waals surface area contributed by atoms with Crippen LogP contribution in [-0.2, 0) is 5.41 Å². The van der Waals surface area contributed by atoms with Crippen molar-refractivity contribution in [2.24, 2.45) is 0 Å². The van der Waals surface area contributed by atoms with Gasteiger partial charge in [-0.2, -0.15) is 0 Å². The quantitative estimate of drug-likeness (QED) is 0.928. The Morgan fingerprint density at radius 3 is 2.35 bits per heavy atom. The van der Waals surface area contributed by atoms with E-state index in [4.69, 9.17) is 16.0 Å². The summed E-state index contributed by atoms with van der Waals surface area (Å²) in [6.07, 6.45) is 2.07. The predicted molar refractivity (Wildman–Crippen MR) is 79.1 cm³/mol. The first-order valence-corrected chi connectivity index (χ1v) is 7.15. The molecule has 1 aromatic carbocycles. The molecule has 0 saturated heterocycles. The first-order valence-electron chi connectivity index (χ1n) is 6.77. The second-order valence-corrected chi connectivity index (χ2v) is 6.81. The lowest BCUT2D eigenvalue weighted by Crippen LogP contribution is -2.26. The molecular weight excluding hydrogens is 274 g/mol. The van der Waals surface area contributed by atoms with E-state index in [-0.39, 0.29) is 11.0 Å². The molecule has 0 spiro atoms. The van der Waals surface area contributed by atoms with Crippen LogP contribution in [0.5, 0.6) is 0 Å². The van der Waals surface area contributed by atoms with Gasteiger partial charge in [0, 0.05) is 10.6 Å². The lowest BCUT2D eigenvalue weighted by Gasteiger charge is -2.18. The molecule has 0 amide bonds. The number of anilines is 1. The van der Waals surface area contributed by atoms with Gasteiger partial charge in [-0.15, -0.1) is 5.10 Å². The summed E-state index contributed by atoms with van der Waals surface area (Å²) in [5, 5.41) is 12.3. The summed E-state index contributed by atoms with van der Waals surface area (Å²) in [6.45, 7) is 6.18. The largest absolute Gasteiger partial charge is 0.407 e. The van der Waals surface area contributed by atoms with Crippen molar-refractivity contribution in [3.05, 3.63) is 40.7 Å². The minimum atomic E-state index is -0.116. The molecule has 1 aliphatic rings. The van der Waals surface area contributed by atoms with Crippen molar-refractivity contribution in [2.75, 3.05) is 5.32 Å². The van der Waals surface area contributed by atoms with Crippen molar-refractivity contribution in [2.45, 2.75) is 44.6 Å². The lowest BCUT2D eigenvalue weighted by molar-refractivity contribution is 0.459. The standard InChI is InChI=1S/C15H18ClN3O/c1-14(2,3)17-13-19-18-12(20-13)15(8-9-15)10-4-6-11(16)7-5-10/h4-7H,8-9H2,1-3H3,(H,17,19). The lowest BCUT2D eigenvalue weighted by atomic mass is 9.96. The van der Waals surface area contributed by atoms with E-state index in [9.17, 15) is 0 Å². The monoisotopic (exact) mass is 291 g/mol. The molecule has 1 heterocycles. The second kappa shape index (κ2) is 4.48. The van der Waals surface area contributed by atoms with Crippen LogP contribution in [0, 0.1) is 0 Å². The van der Waals surface area contributed by atoms with Crippen molar-refractivity contribution in [1.29, 1.82) is 0 Å². The normalized spacial score (nSPS) is 17.0. The zero-order valence-electron chi connectivity index (χ0n) is 11.9. The topological polar surface area (TPSA) is 51.0 Å². The maximum Gasteiger partial charge on any atom is 0.315 e. The van der Waals surface area contributed by atoms with Gasteiger partial charge >= 0.3 is 6.01 Å². The highest BCUT2D eigenvalue weighted by molar-refractivity contribution is 6.30. The molecule has 1 fully saturated rings. The summed E-state index contributed by atoms with van der Waals surface area (Å²) in [7, 11) is 0. The number of hydrogen-bond donors (Lipinski definition) is 1. The van der Waals surface area contributed by atoms with E-state index in [0.717, 1.165) is 17.9 Å². The Balaban J connectivity index is 1.87. The third kappa shape index (κ3) is 2.52. The van der Waals surface area contributed by atoms with Gasteiger partial charge in [0.25, 0.3) is 0 Å². The molecule has 20 heavy (non-hydrogen) atoms. The number of halogens is 1. The minimum Gasteiger partial charge on any atom is -0.407 e. The van der Waals surface area contributed by atoms with Crippen LogP contribution in [0.4, 0.5) is 6.01 Å². The molecule has 3 rings (SSSR count). The fraction of sp³-hybridized carbons (Fsp3) is 0.467. The fourth-order valence-electron chi connectivity index (χ4n) is 2.31. The molecule has 0 aliphatic heterocycles. The SMILES string of the molecule is CC(C)(C)Nc1nnc(C2(c3ccc(Cl)cc3)CC2)o1. The Morgan fingerprint density at radius 1 is 1.15 bits per heavy atom. The van der Waals surface area contributed by atoms with Gasteiger partial charge in [0.15, 0.2) is 0 Å². The number of nitrogens with one attached hydrogen (secondary N) is 1. The summed E-state index contributed by atoms with van der Waals surface area (Å²) in [5.74, 6) is 0.687. The molecule has 1 saturated carbocycles. The molecule has 0 atom stereocenters. The van der Waals surface area contributed by atoms with Crippen molar-refractivity contribution in [1.82, 2.24) is 10.2 Å². The highest BCUT2D eigenvalue weighted by Crippen LogP contribution is 2.53. The average Bonchev–Trinajstić information content (AvgIpc) is 3.04. The molecule has 0 radical (unpaired) electrons. The van der Waals surface area contributed by atoms with Crippen LogP contribution in [-0.4, -0.2) is 15.7 Å². The van der Waals surface area contributed by atoms with E-state index < -0.39 is 0 Å². The number of benzene rings is 1. The summed E-state index contributed by atoms with van der Waals surface area (Å²) >= 11 is 5.94. The summed E-state index contributed by atoms with van der Waals surface area (Å²) in [6, 6.07) is 8.36. The van der Waals surface area contributed by atoms with E-state index in [1.807, 2.05) is 24.3 Å². The van der Waals surface area contributed by atoms with Crippen LogP contribution in [0.25, 0.3) is 0 Å². The number of aromatic nitrogens is 2. The Hall–Kier alpha value is -1.55. The maximum atomic E-state index is 5.94. The van der Waals surface area contributed by atoms with Gasteiger partial charge in [0.2, 0.25) is 5.89 Å². The molecule has 2 aromatic rings. The van der Waals surface area contributed by atoms with Crippen molar-refractivity contribution >= 4 is 17.6 Å². The third-order valence-corrected chi connectivity index (χ3v) is 3.72. The Labute approximate surface area is 123 Å². The van der Waals surface area contributed by atoms with Gasteiger partial charge in [-0.05, 0) is 51.3 Å². The van der Waals surface area contributed by atoms with E-state index in [1.54, 1.807) is 0 Å². The molecular formula is C15H18ClN3O. The molecule has 4 nitrogen and oxygen atoms in total. The van der Waals surface area contributed by atoms with Gasteiger partial charge in [-0.3, -0.25) is 0 Å². The van der Waals surface area contributed by atoms with Gasteiger partial charge in [0.05, 0.1) is 5.41 Å². The molecule has 5 heteroatoms. The molecule has 1 aliphatic carbocycles. The Bertz CT molecular complexity index is 609. The van der Waals surface area contributed by atoms with E-state index in [1.165, 1.54) is 5.56 Å². The van der Waals surface area contributed by atoms with Crippen molar-refractivity contribution < 1.29 is 4.42 Å². The maximum absolute atomic E-state index is 5.94. The fourth-order valence-corrected chi connectivity index (χ4v) is 2.43. The highest BCUT2D eigenvalue weighted by Gasteiger charge is 2.50. The smallest absolute Gasteiger partial charge is 0.315 e. The van der Waals surface area contributed by atoms with Crippen LogP contribution in [0.15, 0.2) is 28.7 Å². The molecule has 1 N–H and O–H groups in total.